The highest BCUT2D eigenvalue weighted by molar-refractivity contribution is 9.10. The molecule has 0 aliphatic carbocycles. The van der Waals surface area contributed by atoms with Gasteiger partial charge in [-0.15, -0.1) is 0 Å². The van der Waals surface area contributed by atoms with E-state index in [0.29, 0.717) is 16.8 Å². The Bertz CT molecular complexity index is 528. The maximum Gasteiger partial charge on any atom is 0.172 e. The molecule has 0 saturated carbocycles. The number of morpholine rings is 1. The normalized spacial score (nSPS) is 22.2. The van der Waals surface area contributed by atoms with Gasteiger partial charge in [-0.1, -0.05) is 12.2 Å². The molecule has 2 atom stereocenters. The van der Waals surface area contributed by atoms with Gasteiger partial charge in [0.15, 0.2) is 11.5 Å². The maximum atomic E-state index is 9.98. The van der Waals surface area contributed by atoms with E-state index in [4.69, 9.17) is 21.7 Å². The SMILES string of the molecule is CCOc1cc(C(=S)N2C[C@@H](C)O[C@@H](C)C2)cc(Br)c1O. The molecule has 0 amide bonds. The lowest BCUT2D eigenvalue weighted by atomic mass is 10.1. The van der Waals surface area contributed by atoms with Gasteiger partial charge in [0.05, 0.1) is 23.3 Å². The number of nitrogens with zero attached hydrogens (tertiary/aromatic N) is 1. The lowest BCUT2D eigenvalue weighted by molar-refractivity contribution is -0.0472. The van der Waals surface area contributed by atoms with E-state index in [1.807, 2.05) is 26.8 Å². The highest BCUT2D eigenvalue weighted by Crippen LogP contribution is 2.36. The Hall–Kier alpha value is -0.850. The first-order valence-corrected chi connectivity index (χ1v) is 8.22. The largest absolute Gasteiger partial charge is 0.503 e. The van der Waals surface area contributed by atoms with E-state index in [2.05, 4.69) is 20.8 Å². The highest BCUT2D eigenvalue weighted by Gasteiger charge is 2.25. The summed E-state index contributed by atoms with van der Waals surface area (Å²) in [5, 5.41) is 9.98. The van der Waals surface area contributed by atoms with Crippen LogP contribution in [-0.4, -0.2) is 46.9 Å². The predicted octanol–water partition coefficient (Wildman–Crippen LogP) is 3.34. The van der Waals surface area contributed by atoms with Crippen LogP contribution in [0.5, 0.6) is 11.5 Å². The van der Waals surface area contributed by atoms with Crippen LogP contribution >= 0.6 is 28.1 Å². The maximum absolute atomic E-state index is 9.98. The molecule has 6 heteroatoms. The molecule has 21 heavy (non-hydrogen) atoms. The Balaban J connectivity index is 2.26. The minimum atomic E-state index is 0.104. The van der Waals surface area contributed by atoms with Crippen LogP contribution in [0.1, 0.15) is 26.3 Å². The molecule has 0 bridgehead atoms. The lowest BCUT2D eigenvalue weighted by Gasteiger charge is -2.37. The Labute approximate surface area is 139 Å². The fraction of sp³-hybridized carbons (Fsp3) is 0.533. The van der Waals surface area contributed by atoms with Crippen LogP contribution in [0.25, 0.3) is 0 Å². The van der Waals surface area contributed by atoms with E-state index < -0.39 is 0 Å². The molecule has 1 N–H and O–H groups in total. The summed E-state index contributed by atoms with van der Waals surface area (Å²) in [5.74, 6) is 0.547. The number of hydrogen-bond donors (Lipinski definition) is 1. The number of hydrogen-bond acceptors (Lipinski definition) is 4. The van der Waals surface area contributed by atoms with Gasteiger partial charge in [0.1, 0.15) is 4.99 Å². The zero-order valence-corrected chi connectivity index (χ0v) is 14.8. The summed E-state index contributed by atoms with van der Waals surface area (Å²) in [5.41, 5.74) is 0.861. The van der Waals surface area contributed by atoms with Gasteiger partial charge in [0.2, 0.25) is 0 Å². The molecular weight excluding hydrogens is 354 g/mol. The second kappa shape index (κ2) is 6.94. The lowest BCUT2D eigenvalue weighted by Crippen LogP contribution is -2.47. The molecular formula is C15H20BrNO3S. The van der Waals surface area contributed by atoms with Crippen LogP contribution in [0.3, 0.4) is 0 Å². The van der Waals surface area contributed by atoms with Crippen molar-refractivity contribution in [2.45, 2.75) is 33.0 Å². The van der Waals surface area contributed by atoms with Crippen molar-refractivity contribution < 1.29 is 14.6 Å². The Morgan fingerprint density at radius 1 is 1.43 bits per heavy atom. The summed E-state index contributed by atoms with van der Waals surface area (Å²) in [6.07, 6.45) is 0.303. The minimum Gasteiger partial charge on any atom is -0.503 e. The quantitative estimate of drug-likeness (QED) is 0.822. The van der Waals surface area contributed by atoms with Crippen LogP contribution in [0, 0.1) is 0 Å². The second-order valence-electron chi connectivity index (χ2n) is 5.21. The molecule has 116 valence electrons. The Morgan fingerprint density at radius 2 is 2.05 bits per heavy atom. The van der Waals surface area contributed by atoms with Crippen molar-refractivity contribution in [2.24, 2.45) is 0 Å². The van der Waals surface area contributed by atoms with Gasteiger partial charge in [0, 0.05) is 18.7 Å². The number of aromatic hydroxyl groups is 1. The summed E-state index contributed by atoms with van der Waals surface area (Å²) >= 11 is 8.96. The Morgan fingerprint density at radius 3 is 2.62 bits per heavy atom. The first-order valence-electron chi connectivity index (χ1n) is 7.02. The summed E-state index contributed by atoms with van der Waals surface area (Å²) in [6.45, 7) is 8.00. The number of thiocarbonyl (C=S) groups is 1. The highest BCUT2D eigenvalue weighted by atomic mass is 79.9. The third-order valence-corrected chi connectivity index (χ3v) is 4.38. The number of rotatable bonds is 3. The Kier molecular flexibility index (Phi) is 5.46. The third kappa shape index (κ3) is 3.87. The molecule has 0 unspecified atom stereocenters. The molecule has 0 aromatic heterocycles. The first kappa shape index (κ1) is 16.5. The fourth-order valence-corrected chi connectivity index (χ4v) is 3.20. The third-order valence-electron chi connectivity index (χ3n) is 3.28. The predicted molar refractivity (Wildman–Crippen MR) is 90.3 cm³/mol. The molecule has 1 aliphatic rings. The second-order valence-corrected chi connectivity index (χ2v) is 6.45. The van der Waals surface area contributed by atoms with Gasteiger partial charge in [-0.3, -0.25) is 0 Å². The average Bonchev–Trinajstić information content (AvgIpc) is 2.42. The first-order chi connectivity index (χ1) is 9.92. The van der Waals surface area contributed by atoms with Crippen LogP contribution in [-0.2, 0) is 4.74 Å². The van der Waals surface area contributed by atoms with Crippen molar-refractivity contribution in [1.29, 1.82) is 0 Å². The van der Waals surface area contributed by atoms with Gasteiger partial charge in [-0.2, -0.15) is 0 Å². The molecule has 0 spiro atoms. The average molecular weight is 374 g/mol. The molecule has 1 aromatic rings. The number of ether oxygens (including phenoxy) is 2. The summed E-state index contributed by atoms with van der Waals surface area (Å²) < 4.78 is 11.8. The number of halogens is 1. The van der Waals surface area contributed by atoms with E-state index in [9.17, 15) is 5.11 Å². The van der Waals surface area contributed by atoms with E-state index in [-0.39, 0.29) is 18.0 Å². The van der Waals surface area contributed by atoms with Crippen LogP contribution in [0.2, 0.25) is 0 Å². The smallest absolute Gasteiger partial charge is 0.172 e. The number of phenols is 1. The number of phenolic OH excluding ortho intramolecular Hbond substituents is 1. The topological polar surface area (TPSA) is 41.9 Å². The molecule has 4 nitrogen and oxygen atoms in total. The number of benzene rings is 1. The zero-order valence-electron chi connectivity index (χ0n) is 12.4. The van der Waals surface area contributed by atoms with Crippen molar-refractivity contribution in [1.82, 2.24) is 4.90 Å². The van der Waals surface area contributed by atoms with Crippen LogP contribution in [0.4, 0.5) is 0 Å². The molecule has 0 radical (unpaired) electrons. The van der Waals surface area contributed by atoms with Crippen molar-refractivity contribution >= 4 is 33.1 Å². The monoisotopic (exact) mass is 373 g/mol. The van der Waals surface area contributed by atoms with Crippen LogP contribution in [0.15, 0.2) is 16.6 Å². The van der Waals surface area contributed by atoms with Gasteiger partial charge in [-0.25, -0.2) is 0 Å². The van der Waals surface area contributed by atoms with Gasteiger partial charge < -0.3 is 19.5 Å². The summed E-state index contributed by atoms with van der Waals surface area (Å²) in [4.78, 5) is 2.89. The minimum absolute atomic E-state index is 0.104. The van der Waals surface area contributed by atoms with Crippen molar-refractivity contribution in [2.75, 3.05) is 19.7 Å². The summed E-state index contributed by atoms with van der Waals surface area (Å²) in [6, 6.07) is 3.61. The summed E-state index contributed by atoms with van der Waals surface area (Å²) in [7, 11) is 0. The van der Waals surface area contributed by atoms with Gasteiger partial charge in [0.25, 0.3) is 0 Å². The van der Waals surface area contributed by atoms with Gasteiger partial charge >= 0.3 is 0 Å². The molecule has 1 heterocycles. The van der Waals surface area contributed by atoms with E-state index >= 15 is 0 Å². The molecule has 1 fully saturated rings. The van der Waals surface area contributed by atoms with E-state index in [1.165, 1.54) is 0 Å². The van der Waals surface area contributed by atoms with Crippen molar-refractivity contribution in [3.05, 3.63) is 22.2 Å². The standard InChI is InChI=1S/C15H20BrNO3S/c1-4-19-13-6-11(5-12(16)14(13)18)15(21)17-7-9(2)20-10(3)8-17/h5-6,9-10,18H,4,7-8H2,1-3H3/t9-,10+. The van der Waals surface area contributed by atoms with Gasteiger partial charge in [-0.05, 0) is 48.8 Å². The molecule has 1 saturated heterocycles. The molecule has 1 aliphatic heterocycles. The zero-order chi connectivity index (χ0) is 15.6. The van der Waals surface area contributed by atoms with E-state index in [0.717, 1.165) is 23.6 Å². The molecule has 2 rings (SSSR count). The molecule has 1 aromatic carbocycles. The van der Waals surface area contributed by atoms with Crippen LogP contribution < -0.4 is 4.74 Å². The van der Waals surface area contributed by atoms with Crippen molar-refractivity contribution in [3.63, 3.8) is 0 Å². The fourth-order valence-electron chi connectivity index (χ4n) is 2.49. The van der Waals surface area contributed by atoms with Crippen molar-refractivity contribution in [3.8, 4) is 11.5 Å². The van der Waals surface area contributed by atoms with E-state index in [1.54, 1.807) is 6.07 Å².